The van der Waals surface area contributed by atoms with Crippen LogP contribution in [0, 0.1) is 6.92 Å². The summed E-state index contributed by atoms with van der Waals surface area (Å²) in [6.45, 7) is 9.05. The van der Waals surface area contributed by atoms with Gasteiger partial charge in [-0.25, -0.2) is 9.97 Å². The van der Waals surface area contributed by atoms with Crippen molar-refractivity contribution in [2.75, 3.05) is 0 Å². The van der Waals surface area contributed by atoms with E-state index in [4.69, 9.17) is 4.43 Å². The summed E-state index contributed by atoms with van der Waals surface area (Å²) in [6.07, 6.45) is 5.28. The molecule has 1 aromatic heterocycles. The lowest BCUT2D eigenvalue weighted by atomic mass is 10.2. The first kappa shape index (κ1) is 15.4. The van der Waals surface area contributed by atoms with E-state index in [1.54, 1.807) is 18.6 Å². The van der Waals surface area contributed by atoms with Gasteiger partial charge < -0.3 is 4.43 Å². The van der Waals surface area contributed by atoms with Crippen molar-refractivity contribution in [3.63, 3.8) is 0 Å². The Morgan fingerprint density at radius 3 is 2.48 bits per heavy atom. The van der Waals surface area contributed by atoms with Gasteiger partial charge in [-0.05, 0) is 38.2 Å². The van der Waals surface area contributed by atoms with Crippen molar-refractivity contribution in [1.82, 2.24) is 9.97 Å². The highest BCUT2D eigenvalue weighted by Crippen LogP contribution is 2.22. The SMILES string of the molecule is Cc1cnc(/C=N\Cc2ccccc2O[Si](C)(C)C)nc1. The Morgan fingerprint density at radius 2 is 1.81 bits per heavy atom. The molecule has 21 heavy (non-hydrogen) atoms. The lowest BCUT2D eigenvalue weighted by molar-refractivity contribution is 0.549. The summed E-state index contributed by atoms with van der Waals surface area (Å²) in [7, 11) is -1.62. The van der Waals surface area contributed by atoms with Gasteiger partial charge in [0.25, 0.3) is 0 Å². The van der Waals surface area contributed by atoms with Crippen LogP contribution in [0.3, 0.4) is 0 Å². The molecule has 0 N–H and O–H groups in total. The molecule has 2 aromatic rings. The first-order valence-corrected chi connectivity index (χ1v) is 10.4. The maximum absolute atomic E-state index is 6.09. The predicted octanol–water partition coefficient (Wildman–Crippen LogP) is 3.62. The van der Waals surface area contributed by atoms with Gasteiger partial charge in [0.05, 0.1) is 12.8 Å². The monoisotopic (exact) mass is 299 g/mol. The molecule has 4 nitrogen and oxygen atoms in total. The Balaban J connectivity index is 2.07. The summed E-state index contributed by atoms with van der Waals surface area (Å²) >= 11 is 0. The molecule has 0 unspecified atom stereocenters. The van der Waals surface area contributed by atoms with Crippen LogP contribution in [0.4, 0.5) is 0 Å². The van der Waals surface area contributed by atoms with Crippen molar-refractivity contribution >= 4 is 14.5 Å². The van der Waals surface area contributed by atoms with E-state index in [0.717, 1.165) is 16.9 Å². The highest BCUT2D eigenvalue weighted by atomic mass is 28.4. The molecule has 0 amide bonds. The van der Waals surface area contributed by atoms with Gasteiger partial charge in [0.1, 0.15) is 5.75 Å². The summed E-state index contributed by atoms with van der Waals surface area (Å²) < 4.78 is 6.09. The van der Waals surface area contributed by atoms with E-state index < -0.39 is 8.32 Å². The van der Waals surface area contributed by atoms with Gasteiger partial charge in [-0.3, -0.25) is 4.99 Å². The fourth-order valence-corrected chi connectivity index (χ4v) is 2.62. The Kier molecular flexibility index (Phi) is 4.85. The van der Waals surface area contributed by atoms with E-state index in [2.05, 4.69) is 34.6 Å². The molecular weight excluding hydrogens is 278 g/mol. The molecule has 110 valence electrons. The molecule has 0 spiro atoms. The molecule has 0 saturated heterocycles. The molecule has 5 heteroatoms. The number of hydrogen-bond acceptors (Lipinski definition) is 4. The number of rotatable bonds is 5. The zero-order valence-electron chi connectivity index (χ0n) is 13.0. The zero-order valence-corrected chi connectivity index (χ0v) is 14.0. The van der Waals surface area contributed by atoms with Crippen LogP contribution in [-0.2, 0) is 6.54 Å². The predicted molar refractivity (Wildman–Crippen MR) is 88.5 cm³/mol. The second kappa shape index (κ2) is 6.63. The number of nitrogens with zero attached hydrogens (tertiary/aromatic N) is 3. The fourth-order valence-electron chi connectivity index (χ4n) is 1.76. The Hall–Kier alpha value is -2.01. The van der Waals surface area contributed by atoms with E-state index in [9.17, 15) is 0 Å². The van der Waals surface area contributed by atoms with Gasteiger partial charge in [-0.1, -0.05) is 18.2 Å². The second-order valence-electron chi connectivity index (χ2n) is 5.91. The molecule has 0 aliphatic heterocycles. The number of para-hydroxylation sites is 1. The first-order chi connectivity index (χ1) is 9.94. The van der Waals surface area contributed by atoms with E-state index >= 15 is 0 Å². The topological polar surface area (TPSA) is 47.4 Å². The van der Waals surface area contributed by atoms with Crippen molar-refractivity contribution in [3.05, 3.63) is 53.6 Å². The van der Waals surface area contributed by atoms with Crippen LogP contribution in [0.15, 0.2) is 41.7 Å². The van der Waals surface area contributed by atoms with Gasteiger partial charge in [0.2, 0.25) is 8.32 Å². The van der Waals surface area contributed by atoms with Crippen molar-refractivity contribution in [2.45, 2.75) is 33.1 Å². The van der Waals surface area contributed by atoms with Gasteiger partial charge >= 0.3 is 0 Å². The molecule has 0 aliphatic rings. The highest BCUT2D eigenvalue weighted by molar-refractivity contribution is 6.70. The van der Waals surface area contributed by atoms with Gasteiger partial charge in [-0.2, -0.15) is 0 Å². The zero-order chi connectivity index (χ0) is 15.3. The van der Waals surface area contributed by atoms with Gasteiger partial charge in [-0.15, -0.1) is 0 Å². The molecular formula is C16H21N3OSi. The molecule has 1 heterocycles. The summed E-state index contributed by atoms with van der Waals surface area (Å²) in [5.74, 6) is 1.56. The molecule has 0 fully saturated rings. The maximum atomic E-state index is 6.09. The van der Waals surface area contributed by atoms with E-state index in [-0.39, 0.29) is 0 Å². The van der Waals surface area contributed by atoms with E-state index in [0.29, 0.717) is 12.4 Å². The summed E-state index contributed by atoms with van der Waals surface area (Å²) in [5, 5.41) is 0. The number of hydrogen-bond donors (Lipinski definition) is 0. The van der Waals surface area contributed by atoms with Gasteiger partial charge in [0.15, 0.2) is 5.82 Å². The molecule has 1 aromatic carbocycles. The average Bonchev–Trinajstić information content (AvgIpc) is 2.41. The number of aromatic nitrogens is 2. The molecule has 0 radical (unpaired) electrons. The molecule has 0 atom stereocenters. The van der Waals surface area contributed by atoms with Gasteiger partial charge in [0, 0.05) is 18.0 Å². The first-order valence-electron chi connectivity index (χ1n) is 6.99. The summed E-state index contributed by atoms with van der Waals surface area (Å²) in [4.78, 5) is 12.8. The number of benzene rings is 1. The Morgan fingerprint density at radius 1 is 1.14 bits per heavy atom. The quantitative estimate of drug-likeness (QED) is 0.626. The normalized spacial score (nSPS) is 11.8. The number of aliphatic imine (C=N–C) groups is 1. The van der Waals surface area contributed by atoms with Crippen LogP contribution < -0.4 is 4.43 Å². The summed E-state index contributed by atoms with van der Waals surface area (Å²) in [5.41, 5.74) is 2.13. The largest absolute Gasteiger partial charge is 0.544 e. The van der Waals surface area contributed by atoms with Crippen LogP contribution in [0.1, 0.15) is 17.0 Å². The smallest absolute Gasteiger partial charge is 0.242 e. The third kappa shape index (κ3) is 5.11. The lowest BCUT2D eigenvalue weighted by Crippen LogP contribution is -2.29. The van der Waals surface area contributed by atoms with E-state index in [1.807, 2.05) is 31.2 Å². The third-order valence-corrected chi connectivity index (χ3v) is 3.49. The van der Waals surface area contributed by atoms with Crippen LogP contribution in [0.5, 0.6) is 5.75 Å². The van der Waals surface area contributed by atoms with Crippen molar-refractivity contribution in [3.8, 4) is 5.75 Å². The third-order valence-electron chi connectivity index (χ3n) is 2.66. The van der Waals surface area contributed by atoms with Crippen molar-refractivity contribution in [1.29, 1.82) is 0 Å². The molecule has 2 rings (SSSR count). The second-order valence-corrected chi connectivity index (χ2v) is 10.3. The molecule has 0 bridgehead atoms. The minimum absolute atomic E-state index is 0.567. The molecule has 0 aliphatic carbocycles. The lowest BCUT2D eigenvalue weighted by Gasteiger charge is -2.21. The van der Waals surface area contributed by atoms with Crippen molar-refractivity contribution in [2.24, 2.45) is 4.99 Å². The van der Waals surface area contributed by atoms with Crippen LogP contribution in [0.2, 0.25) is 19.6 Å². The van der Waals surface area contributed by atoms with E-state index in [1.165, 1.54) is 0 Å². The Bertz CT molecular complexity index is 618. The maximum Gasteiger partial charge on any atom is 0.242 e. The average molecular weight is 299 g/mol. The minimum Gasteiger partial charge on any atom is -0.544 e. The van der Waals surface area contributed by atoms with Crippen molar-refractivity contribution < 1.29 is 4.43 Å². The van der Waals surface area contributed by atoms with Crippen LogP contribution in [-0.4, -0.2) is 24.5 Å². The van der Waals surface area contributed by atoms with Crippen LogP contribution in [0.25, 0.3) is 0 Å². The highest BCUT2D eigenvalue weighted by Gasteiger charge is 2.17. The minimum atomic E-state index is -1.62. The Labute approximate surface area is 127 Å². The van der Waals surface area contributed by atoms with Crippen LogP contribution >= 0.6 is 0 Å². The number of aryl methyl sites for hydroxylation is 1. The molecule has 0 saturated carbocycles. The fraction of sp³-hybridized carbons (Fsp3) is 0.312. The standard InChI is InChI=1S/C16H21N3OSi/c1-13-9-18-16(19-10-13)12-17-11-14-7-5-6-8-15(14)20-21(2,3)4/h5-10,12H,11H2,1-4H3/b17-12-. The summed E-state index contributed by atoms with van der Waals surface area (Å²) in [6, 6.07) is 8.05.